The fourth-order valence-corrected chi connectivity index (χ4v) is 5.16. The van der Waals surface area contributed by atoms with Crippen LogP contribution in [-0.2, 0) is 4.79 Å². The summed E-state index contributed by atoms with van der Waals surface area (Å²) in [5.41, 5.74) is 4.96. The lowest BCUT2D eigenvalue weighted by Crippen LogP contribution is -2.50. The van der Waals surface area contributed by atoms with Gasteiger partial charge in [0.05, 0.1) is 5.39 Å². The van der Waals surface area contributed by atoms with Crippen LogP contribution >= 0.6 is 11.6 Å². The van der Waals surface area contributed by atoms with Gasteiger partial charge in [-0.1, -0.05) is 60.1 Å². The van der Waals surface area contributed by atoms with Gasteiger partial charge in [0.1, 0.15) is 17.9 Å². The maximum absolute atomic E-state index is 12.9. The third-order valence-electron chi connectivity index (χ3n) is 7.13. The van der Waals surface area contributed by atoms with Crippen molar-refractivity contribution in [1.29, 1.82) is 0 Å². The predicted octanol–water partition coefficient (Wildman–Crippen LogP) is 5.78. The minimum atomic E-state index is -0.00963. The highest BCUT2D eigenvalue weighted by Crippen LogP contribution is 2.37. The van der Waals surface area contributed by atoms with Crippen molar-refractivity contribution in [3.8, 4) is 22.6 Å². The van der Waals surface area contributed by atoms with Crippen molar-refractivity contribution in [2.24, 2.45) is 0 Å². The largest absolute Gasteiger partial charge is 0.484 e. The number of hydrogen-bond donors (Lipinski definition) is 0. The number of carbonyl (C=O) groups is 1. The first-order valence-corrected chi connectivity index (χ1v) is 13.3. The van der Waals surface area contributed by atoms with E-state index in [-0.39, 0.29) is 12.5 Å². The topological polar surface area (TPSA) is 63.5 Å². The molecule has 1 saturated heterocycles. The maximum atomic E-state index is 12.9. The van der Waals surface area contributed by atoms with E-state index in [1.54, 1.807) is 6.33 Å². The Morgan fingerprint density at radius 2 is 1.62 bits per heavy atom. The molecule has 1 aliphatic rings. The van der Waals surface area contributed by atoms with Gasteiger partial charge in [-0.2, -0.15) is 0 Å². The fraction of sp³-hybridized carbons (Fsp3) is 0.194. The lowest BCUT2D eigenvalue weighted by Gasteiger charge is -2.35. The summed E-state index contributed by atoms with van der Waals surface area (Å²) in [5, 5.41) is 1.67. The average molecular weight is 538 g/mol. The van der Waals surface area contributed by atoms with Crippen LogP contribution in [0.4, 0.5) is 5.82 Å². The number of piperazine rings is 1. The number of nitrogens with zero attached hydrogens (tertiary/aromatic N) is 5. The van der Waals surface area contributed by atoms with Crippen LogP contribution in [0, 0.1) is 6.92 Å². The Morgan fingerprint density at radius 1 is 0.897 bits per heavy atom. The normalized spacial score (nSPS) is 13.6. The molecule has 7 nitrogen and oxygen atoms in total. The Hall–Kier alpha value is -4.36. The number of anilines is 1. The first kappa shape index (κ1) is 24.9. The van der Waals surface area contributed by atoms with Crippen LogP contribution in [0.5, 0.6) is 5.75 Å². The summed E-state index contributed by atoms with van der Waals surface area (Å²) in [4.78, 5) is 26.5. The van der Waals surface area contributed by atoms with Gasteiger partial charge in [0.15, 0.2) is 12.3 Å². The second kappa shape index (κ2) is 10.8. The fourth-order valence-electron chi connectivity index (χ4n) is 5.04. The van der Waals surface area contributed by atoms with Crippen LogP contribution in [0.2, 0.25) is 5.02 Å². The Bertz CT molecular complexity index is 1610. The van der Waals surface area contributed by atoms with Crippen LogP contribution in [0.1, 0.15) is 5.56 Å². The van der Waals surface area contributed by atoms with Crippen LogP contribution in [0.3, 0.4) is 0 Å². The van der Waals surface area contributed by atoms with E-state index in [0.29, 0.717) is 31.2 Å². The molecule has 0 aliphatic carbocycles. The number of halogens is 1. The van der Waals surface area contributed by atoms with Crippen LogP contribution in [0.15, 0.2) is 91.4 Å². The molecule has 0 radical (unpaired) electrons. The van der Waals surface area contributed by atoms with Gasteiger partial charge in [0, 0.05) is 48.6 Å². The summed E-state index contributed by atoms with van der Waals surface area (Å²) in [6.07, 6.45) is 3.73. The monoisotopic (exact) mass is 537 g/mol. The molecule has 3 aromatic carbocycles. The van der Waals surface area contributed by atoms with Crippen molar-refractivity contribution in [2.75, 3.05) is 37.7 Å². The Kier molecular flexibility index (Phi) is 6.90. The number of ether oxygens (including phenoxy) is 1. The molecule has 0 N–H and O–H groups in total. The summed E-state index contributed by atoms with van der Waals surface area (Å²) in [5.74, 6) is 1.60. The van der Waals surface area contributed by atoms with Gasteiger partial charge >= 0.3 is 0 Å². The second-order valence-electron chi connectivity index (χ2n) is 9.57. The smallest absolute Gasteiger partial charge is 0.260 e. The number of carbonyl (C=O) groups excluding carboxylic acids is 1. The van der Waals surface area contributed by atoms with Crippen molar-refractivity contribution in [1.82, 2.24) is 19.4 Å². The predicted molar refractivity (Wildman–Crippen MR) is 155 cm³/mol. The molecule has 6 rings (SSSR count). The minimum Gasteiger partial charge on any atom is -0.484 e. The molecule has 0 atom stereocenters. The van der Waals surface area contributed by atoms with Crippen molar-refractivity contribution < 1.29 is 9.53 Å². The highest BCUT2D eigenvalue weighted by molar-refractivity contribution is 6.30. The number of hydrogen-bond acceptors (Lipinski definition) is 5. The van der Waals surface area contributed by atoms with Crippen molar-refractivity contribution >= 4 is 34.4 Å². The molecule has 196 valence electrons. The molecule has 1 aliphatic heterocycles. The van der Waals surface area contributed by atoms with Crippen LogP contribution < -0.4 is 9.64 Å². The first-order chi connectivity index (χ1) is 19.1. The Morgan fingerprint density at radius 3 is 2.36 bits per heavy atom. The molecule has 8 heteroatoms. The molecule has 5 aromatic rings. The van der Waals surface area contributed by atoms with Gasteiger partial charge in [-0.25, -0.2) is 9.97 Å². The number of aromatic nitrogens is 3. The van der Waals surface area contributed by atoms with Gasteiger partial charge in [-0.05, 0) is 48.4 Å². The van der Waals surface area contributed by atoms with E-state index in [4.69, 9.17) is 26.3 Å². The third-order valence-corrected chi connectivity index (χ3v) is 7.38. The van der Waals surface area contributed by atoms with Crippen molar-refractivity contribution in [3.05, 3.63) is 102 Å². The van der Waals surface area contributed by atoms with Gasteiger partial charge < -0.3 is 19.1 Å². The highest BCUT2D eigenvalue weighted by Gasteiger charge is 2.26. The Labute approximate surface area is 232 Å². The standard InChI is InChI=1S/C31H28ClN5O2/c1-22-7-5-6-10-27(22)39-20-28(38)35-15-17-36(18-16-35)30-29-26(23-8-3-2-4-9-23)19-37(31(29)34-21-33-30)25-13-11-24(32)12-14-25/h2-14,19,21H,15-18,20H2,1H3. The Balaban J connectivity index is 1.27. The quantitative estimate of drug-likeness (QED) is 0.275. The summed E-state index contributed by atoms with van der Waals surface area (Å²) in [7, 11) is 0. The summed E-state index contributed by atoms with van der Waals surface area (Å²) >= 11 is 6.16. The lowest BCUT2D eigenvalue weighted by atomic mass is 10.1. The molecule has 39 heavy (non-hydrogen) atoms. The van der Waals surface area contributed by atoms with Gasteiger partial charge in [0.2, 0.25) is 0 Å². The zero-order valence-electron chi connectivity index (χ0n) is 21.6. The minimum absolute atomic E-state index is 0.00963. The van der Waals surface area contributed by atoms with E-state index >= 15 is 0 Å². The molecular weight excluding hydrogens is 510 g/mol. The summed E-state index contributed by atoms with van der Waals surface area (Å²) in [6, 6.07) is 25.8. The lowest BCUT2D eigenvalue weighted by molar-refractivity contribution is -0.133. The number of fused-ring (bicyclic) bond motifs is 1. The highest BCUT2D eigenvalue weighted by atomic mass is 35.5. The van der Waals surface area contributed by atoms with E-state index < -0.39 is 0 Å². The van der Waals surface area contributed by atoms with Crippen molar-refractivity contribution in [3.63, 3.8) is 0 Å². The van der Waals surface area contributed by atoms with Gasteiger partial charge in [-0.3, -0.25) is 4.79 Å². The molecule has 1 amide bonds. The van der Waals surface area contributed by atoms with E-state index in [1.807, 2.05) is 78.6 Å². The van der Waals surface area contributed by atoms with Gasteiger partial charge in [0.25, 0.3) is 5.91 Å². The molecule has 0 unspecified atom stereocenters. The maximum Gasteiger partial charge on any atom is 0.260 e. The zero-order chi connectivity index (χ0) is 26.8. The number of benzene rings is 3. The van der Waals surface area contributed by atoms with E-state index in [1.165, 1.54) is 0 Å². The molecule has 0 saturated carbocycles. The number of rotatable bonds is 6. The average Bonchev–Trinajstić information content (AvgIpc) is 3.37. The van der Waals surface area contributed by atoms with Crippen molar-refractivity contribution in [2.45, 2.75) is 6.92 Å². The summed E-state index contributed by atoms with van der Waals surface area (Å²) < 4.78 is 7.89. The zero-order valence-corrected chi connectivity index (χ0v) is 22.4. The van der Waals surface area contributed by atoms with E-state index in [2.05, 4.69) is 27.8 Å². The molecule has 2 aromatic heterocycles. The number of amides is 1. The van der Waals surface area contributed by atoms with Gasteiger partial charge in [-0.15, -0.1) is 0 Å². The van der Waals surface area contributed by atoms with E-state index in [9.17, 15) is 4.79 Å². The SMILES string of the molecule is Cc1ccccc1OCC(=O)N1CCN(c2ncnc3c2c(-c2ccccc2)cn3-c2ccc(Cl)cc2)CC1. The second-order valence-corrected chi connectivity index (χ2v) is 10.0. The third kappa shape index (κ3) is 5.05. The van der Waals surface area contributed by atoms with Crippen LogP contribution in [0.25, 0.3) is 27.8 Å². The molecule has 0 spiro atoms. The summed E-state index contributed by atoms with van der Waals surface area (Å²) in [6.45, 7) is 4.54. The molecule has 3 heterocycles. The molecule has 0 bridgehead atoms. The molecule has 1 fully saturated rings. The van der Waals surface area contributed by atoms with E-state index in [0.717, 1.165) is 45.0 Å². The molecular formula is C31H28ClN5O2. The first-order valence-electron chi connectivity index (χ1n) is 13.0. The number of aryl methyl sites for hydroxylation is 1. The number of para-hydroxylation sites is 1. The van der Waals surface area contributed by atoms with Crippen LogP contribution in [-0.4, -0.2) is 58.1 Å².